The van der Waals surface area contributed by atoms with Crippen LogP contribution in [-0.4, -0.2) is 34.5 Å². The first-order valence-corrected chi connectivity index (χ1v) is 7.89. The van der Waals surface area contributed by atoms with Crippen molar-refractivity contribution in [2.45, 2.75) is 13.7 Å². The Morgan fingerprint density at radius 3 is 2.79 bits per heavy atom. The third-order valence-electron chi connectivity index (χ3n) is 2.02. The number of aromatic nitrogens is 3. The zero-order valence-electron chi connectivity index (χ0n) is 10.1. The monoisotopic (exact) mass is 314 g/mol. The van der Waals surface area contributed by atoms with Crippen LogP contribution in [0.3, 0.4) is 0 Å². The number of esters is 1. The second kappa shape index (κ2) is 6.22. The van der Waals surface area contributed by atoms with E-state index in [-0.39, 0.29) is 0 Å². The molecule has 2 rings (SSSR count). The second-order valence-electron chi connectivity index (χ2n) is 3.25. The molecule has 2 heterocycles. The van der Waals surface area contributed by atoms with Gasteiger partial charge in [-0.3, -0.25) is 0 Å². The largest absolute Gasteiger partial charge is 0.465 e. The van der Waals surface area contributed by atoms with Crippen LogP contribution in [0.5, 0.6) is 0 Å². The maximum Gasteiger partial charge on any atom is 0.340 e. The van der Waals surface area contributed by atoms with Gasteiger partial charge in [-0.1, -0.05) is 23.1 Å². The Morgan fingerprint density at radius 1 is 1.42 bits per heavy atom. The summed E-state index contributed by atoms with van der Waals surface area (Å²) in [7, 11) is 1.32. The number of nitrogens with zero attached hydrogens (tertiary/aromatic N) is 3. The molecular formula is C10H10N4O2S3. The zero-order valence-corrected chi connectivity index (χ0v) is 12.6. The van der Waals surface area contributed by atoms with Gasteiger partial charge < -0.3 is 10.5 Å². The molecule has 0 atom stereocenters. The lowest BCUT2D eigenvalue weighted by molar-refractivity contribution is 0.0596. The number of thioether (sulfide) groups is 1. The van der Waals surface area contributed by atoms with Gasteiger partial charge in [-0.25, -0.2) is 9.78 Å². The van der Waals surface area contributed by atoms with Crippen molar-refractivity contribution < 1.29 is 9.53 Å². The molecule has 6 nitrogen and oxygen atoms in total. The van der Waals surface area contributed by atoms with Crippen molar-refractivity contribution in [3.8, 4) is 0 Å². The molecule has 0 saturated carbocycles. The molecule has 100 valence electrons. The van der Waals surface area contributed by atoms with Crippen LogP contribution in [0.1, 0.15) is 10.4 Å². The summed E-state index contributed by atoms with van der Waals surface area (Å²) in [6.07, 6.45) is 3.42. The summed E-state index contributed by atoms with van der Waals surface area (Å²) in [5, 5.41) is 8.51. The van der Waals surface area contributed by atoms with Gasteiger partial charge in [0.25, 0.3) is 0 Å². The molecule has 0 amide bonds. The van der Waals surface area contributed by atoms with Gasteiger partial charge in [-0.15, -0.1) is 10.2 Å². The lowest BCUT2D eigenvalue weighted by Gasteiger charge is -2.05. The summed E-state index contributed by atoms with van der Waals surface area (Å²) in [5.41, 5.74) is 6.37. The molecule has 2 aromatic rings. The molecule has 0 aliphatic rings. The van der Waals surface area contributed by atoms with Crippen LogP contribution in [0.15, 0.2) is 26.0 Å². The maximum absolute atomic E-state index is 11.7. The average molecular weight is 314 g/mol. The van der Waals surface area contributed by atoms with Gasteiger partial charge in [-0.05, 0) is 24.1 Å². The van der Waals surface area contributed by atoms with Gasteiger partial charge in [0, 0.05) is 0 Å². The third kappa shape index (κ3) is 3.37. The third-order valence-corrected chi connectivity index (χ3v) is 4.99. The molecule has 0 unspecified atom stereocenters. The number of hydrogen-bond donors (Lipinski definition) is 1. The van der Waals surface area contributed by atoms with Crippen LogP contribution >= 0.6 is 34.9 Å². The number of nitrogens with two attached hydrogens (primary N) is 1. The minimum absolute atomic E-state index is 0.327. The Hall–Kier alpha value is -1.32. The molecule has 0 spiro atoms. The van der Waals surface area contributed by atoms with Crippen molar-refractivity contribution in [2.24, 2.45) is 0 Å². The fourth-order valence-corrected chi connectivity index (χ4v) is 3.62. The van der Waals surface area contributed by atoms with Gasteiger partial charge in [0.2, 0.25) is 0 Å². The molecule has 0 saturated heterocycles. The van der Waals surface area contributed by atoms with Crippen LogP contribution in [0.2, 0.25) is 0 Å². The summed E-state index contributed by atoms with van der Waals surface area (Å²) in [6.45, 7) is 0. The number of hydrogen-bond acceptors (Lipinski definition) is 9. The quantitative estimate of drug-likeness (QED) is 0.678. The van der Waals surface area contributed by atoms with E-state index < -0.39 is 5.97 Å². The van der Waals surface area contributed by atoms with Gasteiger partial charge in [-0.2, -0.15) is 0 Å². The van der Waals surface area contributed by atoms with E-state index in [9.17, 15) is 4.79 Å². The van der Waals surface area contributed by atoms with E-state index in [0.29, 0.717) is 20.6 Å². The molecule has 0 radical (unpaired) electrons. The van der Waals surface area contributed by atoms with Gasteiger partial charge >= 0.3 is 5.97 Å². The molecule has 0 fully saturated rings. The predicted octanol–water partition coefficient (Wildman–Crippen LogP) is 2.17. The van der Waals surface area contributed by atoms with E-state index >= 15 is 0 Å². The molecular weight excluding hydrogens is 304 g/mol. The highest BCUT2D eigenvalue weighted by atomic mass is 32.2. The first kappa shape index (κ1) is 14.1. The van der Waals surface area contributed by atoms with Crippen molar-refractivity contribution >= 4 is 46.5 Å². The number of anilines is 1. The maximum atomic E-state index is 11.7. The van der Waals surface area contributed by atoms with Crippen molar-refractivity contribution in [2.75, 3.05) is 19.1 Å². The molecule has 0 aliphatic heterocycles. The number of rotatable bonds is 4. The van der Waals surface area contributed by atoms with Crippen LogP contribution < -0.4 is 5.73 Å². The number of ether oxygens (including phenoxy) is 1. The minimum atomic E-state index is -0.475. The minimum Gasteiger partial charge on any atom is -0.465 e. The summed E-state index contributed by atoms with van der Waals surface area (Å²) < 4.78 is 6.28. The van der Waals surface area contributed by atoms with Crippen molar-refractivity contribution in [3.63, 3.8) is 0 Å². The Balaban J connectivity index is 2.31. The number of methoxy groups -OCH3 is 1. The van der Waals surface area contributed by atoms with Crippen molar-refractivity contribution in [3.05, 3.63) is 17.8 Å². The summed E-state index contributed by atoms with van der Waals surface area (Å²) in [6, 6.07) is 1.54. The first-order valence-electron chi connectivity index (χ1n) is 5.03. The topological polar surface area (TPSA) is 91.0 Å². The van der Waals surface area contributed by atoms with Gasteiger partial charge in [0.05, 0.1) is 24.6 Å². The van der Waals surface area contributed by atoms with Crippen molar-refractivity contribution in [1.29, 1.82) is 0 Å². The smallest absolute Gasteiger partial charge is 0.340 e. The Kier molecular flexibility index (Phi) is 4.61. The lowest BCUT2D eigenvalue weighted by atomic mass is 10.3. The fraction of sp³-hybridized carbons (Fsp3) is 0.200. The summed E-state index contributed by atoms with van der Waals surface area (Å²) in [5.74, 6) is -0.475. The van der Waals surface area contributed by atoms with Gasteiger partial charge in [0.15, 0.2) is 8.68 Å². The molecule has 0 aromatic carbocycles. The molecule has 2 aromatic heterocycles. The number of nitrogen functional groups attached to an aromatic ring is 1. The normalized spacial score (nSPS) is 10.4. The van der Waals surface area contributed by atoms with E-state index in [1.807, 2.05) is 6.26 Å². The molecule has 9 heteroatoms. The molecule has 2 N–H and O–H groups in total. The SMILES string of the molecule is COC(=O)c1cc(N)cnc1Sc1nnc(SC)s1. The van der Waals surface area contributed by atoms with Crippen LogP contribution in [0, 0.1) is 0 Å². The Bertz CT molecular complexity index is 602. The Morgan fingerprint density at radius 2 is 2.16 bits per heavy atom. The molecule has 19 heavy (non-hydrogen) atoms. The second-order valence-corrected chi connectivity index (χ2v) is 6.52. The summed E-state index contributed by atoms with van der Waals surface area (Å²) in [4.78, 5) is 15.8. The highest BCUT2D eigenvalue weighted by molar-refractivity contribution is 8.03. The van der Waals surface area contributed by atoms with E-state index in [1.165, 1.54) is 54.2 Å². The highest BCUT2D eigenvalue weighted by Gasteiger charge is 2.16. The van der Waals surface area contributed by atoms with E-state index in [0.717, 1.165) is 4.34 Å². The molecule has 0 bridgehead atoms. The first-order chi connectivity index (χ1) is 9.13. The predicted molar refractivity (Wildman–Crippen MR) is 75.8 cm³/mol. The van der Waals surface area contributed by atoms with Crippen LogP contribution in [0.4, 0.5) is 5.69 Å². The lowest BCUT2D eigenvalue weighted by Crippen LogP contribution is -2.05. The van der Waals surface area contributed by atoms with E-state index in [2.05, 4.69) is 15.2 Å². The molecule has 0 aliphatic carbocycles. The van der Waals surface area contributed by atoms with Gasteiger partial charge in [0.1, 0.15) is 5.03 Å². The Labute approximate surface area is 122 Å². The van der Waals surface area contributed by atoms with Crippen LogP contribution in [-0.2, 0) is 4.74 Å². The van der Waals surface area contributed by atoms with Crippen LogP contribution in [0.25, 0.3) is 0 Å². The zero-order chi connectivity index (χ0) is 13.8. The fourth-order valence-electron chi connectivity index (χ4n) is 1.21. The standard InChI is InChI=1S/C10H10N4O2S3/c1-16-8(15)6-3-5(11)4-12-7(6)18-10-14-13-9(17-2)19-10/h3-4H,11H2,1-2H3. The highest BCUT2D eigenvalue weighted by Crippen LogP contribution is 2.34. The van der Waals surface area contributed by atoms with E-state index in [1.54, 1.807) is 0 Å². The summed E-state index contributed by atoms with van der Waals surface area (Å²) >= 11 is 4.22. The average Bonchev–Trinajstić information content (AvgIpc) is 2.87. The number of carbonyl (C=O) groups excluding carboxylic acids is 1. The van der Waals surface area contributed by atoms with E-state index in [4.69, 9.17) is 10.5 Å². The van der Waals surface area contributed by atoms with Crippen molar-refractivity contribution in [1.82, 2.24) is 15.2 Å². The number of pyridine rings is 1. The number of carbonyl (C=O) groups is 1.